The van der Waals surface area contributed by atoms with Crippen LogP contribution in [0.1, 0.15) is 0 Å². The van der Waals surface area contributed by atoms with Crippen LogP contribution in [0.25, 0.3) is 0 Å². The van der Waals surface area contributed by atoms with Crippen LogP contribution in [0.15, 0.2) is 12.3 Å². The monoisotopic (exact) mass is 133 g/mol. The Morgan fingerprint density at radius 1 is 1.75 bits per heavy atom. The Bertz CT molecular complexity index is 105. The third-order valence-electron chi connectivity index (χ3n) is 1.04. The molecule has 0 amide bonds. The average Bonchev–Trinajstić information content (AvgIpc) is 1.77. The van der Waals surface area contributed by atoms with Gasteiger partial charge in [-0.3, -0.25) is 4.42 Å². The number of hydrogen-bond donors (Lipinski definition) is 0. The fourth-order valence-corrected chi connectivity index (χ4v) is 0.681. The van der Waals surface area contributed by atoms with E-state index in [1.807, 2.05) is 0 Å². The van der Waals surface area contributed by atoms with Crippen LogP contribution in [0.5, 0.6) is 0 Å². The predicted molar refractivity (Wildman–Crippen MR) is 32.5 cm³/mol. The summed E-state index contributed by atoms with van der Waals surface area (Å²) in [5, 5.41) is 0. The molecule has 46 valence electrons. The van der Waals surface area contributed by atoms with Crippen molar-refractivity contribution in [3.05, 3.63) is 12.3 Å². The van der Waals surface area contributed by atoms with E-state index < -0.39 is 0 Å². The van der Waals surface area contributed by atoms with Crippen molar-refractivity contribution < 1.29 is 4.74 Å². The van der Waals surface area contributed by atoms with Gasteiger partial charge in [0.15, 0.2) is 0 Å². The number of halogens is 1. The second-order valence-corrected chi connectivity index (χ2v) is 2.11. The lowest BCUT2D eigenvalue weighted by Crippen LogP contribution is -2.26. The van der Waals surface area contributed by atoms with Gasteiger partial charge in [0.2, 0.25) is 0 Å². The van der Waals surface area contributed by atoms with Crippen molar-refractivity contribution >= 4 is 11.8 Å². The van der Waals surface area contributed by atoms with Crippen LogP contribution in [0.2, 0.25) is 0 Å². The summed E-state index contributed by atoms with van der Waals surface area (Å²) in [5.41, 5.74) is 0.845. The van der Waals surface area contributed by atoms with E-state index in [2.05, 4.69) is 6.58 Å². The van der Waals surface area contributed by atoms with Gasteiger partial charge in [-0.1, -0.05) is 6.58 Å². The number of nitrogens with zero attached hydrogens (tertiary/aromatic N) is 1. The van der Waals surface area contributed by atoms with Crippen LogP contribution >= 0.6 is 11.8 Å². The number of ether oxygens (including phenoxy) is 1. The second kappa shape index (κ2) is 2.37. The summed E-state index contributed by atoms with van der Waals surface area (Å²) < 4.78 is 6.61. The van der Waals surface area contributed by atoms with E-state index >= 15 is 0 Å². The summed E-state index contributed by atoms with van der Waals surface area (Å²) >= 11 is 5.62. The average molecular weight is 134 g/mol. The summed E-state index contributed by atoms with van der Waals surface area (Å²) in [6.45, 7) is 5.70. The molecule has 8 heavy (non-hydrogen) atoms. The summed E-state index contributed by atoms with van der Waals surface area (Å²) in [4.78, 5) is 0. The zero-order valence-electron chi connectivity index (χ0n) is 4.56. The van der Waals surface area contributed by atoms with Crippen molar-refractivity contribution in [1.82, 2.24) is 4.42 Å². The molecule has 0 unspecified atom stereocenters. The molecule has 1 fully saturated rings. The van der Waals surface area contributed by atoms with E-state index in [0.29, 0.717) is 13.2 Å². The number of hydrogen-bond acceptors (Lipinski definition) is 2. The SMILES string of the molecule is C=C1COCCN1Cl. The van der Waals surface area contributed by atoms with Gasteiger partial charge < -0.3 is 4.74 Å². The highest BCUT2D eigenvalue weighted by molar-refractivity contribution is 6.14. The Kier molecular flexibility index (Phi) is 1.76. The minimum Gasteiger partial charge on any atom is -0.373 e. The first-order valence-corrected chi connectivity index (χ1v) is 2.83. The van der Waals surface area contributed by atoms with Gasteiger partial charge in [-0.2, -0.15) is 0 Å². The fraction of sp³-hybridized carbons (Fsp3) is 0.600. The Balaban J connectivity index is 2.39. The van der Waals surface area contributed by atoms with Crippen LogP contribution < -0.4 is 0 Å². The molecule has 0 atom stereocenters. The molecule has 1 aliphatic rings. The van der Waals surface area contributed by atoms with Gasteiger partial charge >= 0.3 is 0 Å². The lowest BCUT2D eigenvalue weighted by atomic mass is 10.4. The highest BCUT2D eigenvalue weighted by atomic mass is 35.5. The highest BCUT2D eigenvalue weighted by Crippen LogP contribution is 2.09. The standard InChI is InChI=1S/C5H8ClNO/c1-5-4-8-3-2-7(5)6/h1-4H2. The minimum absolute atomic E-state index is 0.573. The van der Waals surface area contributed by atoms with Crippen LogP contribution in [0.3, 0.4) is 0 Å². The minimum atomic E-state index is 0.573. The van der Waals surface area contributed by atoms with Crippen LogP contribution in [-0.2, 0) is 4.74 Å². The Morgan fingerprint density at radius 3 is 2.88 bits per heavy atom. The maximum absolute atomic E-state index is 5.62. The van der Waals surface area contributed by atoms with Gasteiger partial charge in [-0.25, -0.2) is 0 Å². The topological polar surface area (TPSA) is 12.5 Å². The van der Waals surface area contributed by atoms with E-state index in [4.69, 9.17) is 16.5 Å². The van der Waals surface area contributed by atoms with Gasteiger partial charge in [0.05, 0.1) is 19.8 Å². The van der Waals surface area contributed by atoms with E-state index in [-0.39, 0.29) is 0 Å². The third-order valence-corrected chi connectivity index (χ3v) is 1.45. The van der Waals surface area contributed by atoms with Crippen LogP contribution in [0, 0.1) is 0 Å². The zero-order valence-corrected chi connectivity index (χ0v) is 5.32. The van der Waals surface area contributed by atoms with Crippen molar-refractivity contribution in [3.8, 4) is 0 Å². The molecule has 1 rings (SSSR count). The molecule has 0 saturated carbocycles. The molecule has 0 aromatic rings. The summed E-state index contributed by atoms with van der Waals surface area (Å²) in [7, 11) is 0. The molecule has 0 spiro atoms. The lowest BCUT2D eigenvalue weighted by Gasteiger charge is -2.23. The van der Waals surface area contributed by atoms with Crippen molar-refractivity contribution in [1.29, 1.82) is 0 Å². The summed E-state index contributed by atoms with van der Waals surface area (Å²) in [5.74, 6) is 0. The van der Waals surface area contributed by atoms with Gasteiger partial charge in [0.25, 0.3) is 0 Å². The first-order chi connectivity index (χ1) is 3.80. The number of rotatable bonds is 0. The summed E-state index contributed by atoms with van der Waals surface area (Å²) in [6, 6.07) is 0. The molecular formula is C5H8ClNO. The molecule has 2 nitrogen and oxygen atoms in total. The van der Waals surface area contributed by atoms with Crippen LogP contribution in [-0.4, -0.2) is 24.2 Å². The van der Waals surface area contributed by atoms with Crippen molar-refractivity contribution in [2.24, 2.45) is 0 Å². The molecule has 1 aliphatic heterocycles. The van der Waals surface area contributed by atoms with Crippen molar-refractivity contribution in [2.45, 2.75) is 0 Å². The van der Waals surface area contributed by atoms with E-state index in [0.717, 1.165) is 12.2 Å². The highest BCUT2D eigenvalue weighted by Gasteiger charge is 2.09. The van der Waals surface area contributed by atoms with Gasteiger partial charge in [0, 0.05) is 17.5 Å². The van der Waals surface area contributed by atoms with Crippen LogP contribution in [0.4, 0.5) is 0 Å². The number of morpholine rings is 1. The van der Waals surface area contributed by atoms with Gasteiger partial charge in [-0.05, 0) is 0 Å². The maximum atomic E-state index is 5.62. The maximum Gasteiger partial charge on any atom is 0.0872 e. The molecular weight excluding hydrogens is 126 g/mol. The molecule has 0 aliphatic carbocycles. The van der Waals surface area contributed by atoms with E-state index in [1.165, 1.54) is 0 Å². The quantitative estimate of drug-likeness (QED) is 0.457. The van der Waals surface area contributed by atoms with E-state index in [9.17, 15) is 0 Å². The van der Waals surface area contributed by atoms with Crippen molar-refractivity contribution in [2.75, 3.05) is 19.8 Å². The first-order valence-electron chi connectivity index (χ1n) is 2.49. The van der Waals surface area contributed by atoms with Gasteiger partial charge in [-0.15, -0.1) is 0 Å². The molecule has 0 radical (unpaired) electrons. The molecule has 1 saturated heterocycles. The fourth-order valence-electron chi connectivity index (χ4n) is 0.563. The zero-order chi connectivity index (χ0) is 5.98. The first kappa shape index (κ1) is 5.92. The Hall–Kier alpha value is -0.210. The smallest absolute Gasteiger partial charge is 0.0872 e. The lowest BCUT2D eigenvalue weighted by molar-refractivity contribution is 0.105. The normalized spacial score (nSPS) is 21.6. The molecule has 0 aromatic carbocycles. The molecule has 0 N–H and O–H groups in total. The molecule has 3 heteroatoms. The largest absolute Gasteiger partial charge is 0.373 e. The Morgan fingerprint density at radius 2 is 2.50 bits per heavy atom. The second-order valence-electron chi connectivity index (χ2n) is 1.70. The molecule has 0 aromatic heterocycles. The Labute approximate surface area is 53.8 Å². The summed E-state index contributed by atoms with van der Waals surface area (Å²) in [6.07, 6.45) is 0. The molecule has 1 heterocycles. The van der Waals surface area contributed by atoms with Crippen molar-refractivity contribution in [3.63, 3.8) is 0 Å². The predicted octanol–water partition coefficient (Wildman–Crippen LogP) is 0.986. The molecule has 0 bridgehead atoms. The third kappa shape index (κ3) is 1.14. The van der Waals surface area contributed by atoms with Gasteiger partial charge in [0.1, 0.15) is 0 Å². The van der Waals surface area contributed by atoms with E-state index in [1.54, 1.807) is 4.42 Å².